The lowest BCUT2D eigenvalue weighted by molar-refractivity contribution is -0.138. The highest BCUT2D eigenvalue weighted by Crippen LogP contribution is 2.46. The van der Waals surface area contributed by atoms with Crippen LogP contribution in [-0.4, -0.2) is 24.4 Å². The summed E-state index contributed by atoms with van der Waals surface area (Å²) in [7, 11) is 0. The van der Waals surface area contributed by atoms with Crippen LogP contribution < -0.4 is 10.6 Å². The Morgan fingerprint density at radius 3 is 2.55 bits per heavy atom. The normalized spacial score (nSPS) is 20.4. The van der Waals surface area contributed by atoms with E-state index in [1.807, 2.05) is 0 Å². The van der Waals surface area contributed by atoms with E-state index in [1.54, 1.807) is 13.0 Å². The van der Waals surface area contributed by atoms with E-state index in [2.05, 4.69) is 10.6 Å². The summed E-state index contributed by atoms with van der Waals surface area (Å²) in [5.74, 6) is -0.965. The molecule has 0 bridgehead atoms. The Kier molecular flexibility index (Phi) is 4.73. The molecule has 1 aromatic carbocycles. The number of rotatable bonds is 5. The summed E-state index contributed by atoms with van der Waals surface area (Å²) >= 11 is 0. The summed E-state index contributed by atoms with van der Waals surface area (Å²) in [6, 6.07) is 5.09. The van der Waals surface area contributed by atoms with E-state index >= 15 is 0 Å². The highest BCUT2D eigenvalue weighted by Gasteiger charge is 2.44. The van der Waals surface area contributed by atoms with Gasteiger partial charge in [-0.25, -0.2) is 0 Å². The Balaban J connectivity index is 1.93. The molecule has 0 unspecified atom stereocenters. The monoisotopic (exact) mass is 314 g/mol. The lowest BCUT2D eigenvalue weighted by atomic mass is 10.0. The zero-order chi connectivity index (χ0) is 16.3. The minimum absolute atomic E-state index is 0.156. The Bertz CT molecular complexity index is 572. The Hall–Kier alpha value is -2.05. The van der Waals surface area contributed by atoms with E-state index in [9.17, 15) is 22.8 Å². The largest absolute Gasteiger partial charge is 0.416 e. The summed E-state index contributed by atoms with van der Waals surface area (Å²) < 4.78 is 38.8. The van der Waals surface area contributed by atoms with E-state index in [1.165, 1.54) is 12.1 Å². The van der Waals surface area contributed by atoms with Crippen molar-refractivity contribution in [3.05, 3.63) is 35.4 Å². The molecule has 2 amide bonds. The van der Waals surface area contributed by atoms with Crippen LogP contribution in [0.2, 0.25) is 0 Å². The lowest BCUT2D eigenvalue weighted by Crippen LogP contribution is -2.38. The van der Waals surface area contributed by atoms with Gasteiger partial charge in [-0.05, 0) is 18.1 Å². The number of hydrogen-bond acceptors (Lipinski definition) is 2. The molecule has 2 atom stereocenters. The molecule has 1 aliphatic rings. The summed E-state index contributed by atoms with van der Waals surface area (Å²) in [5.41, 5.74) is -0.450. The number of hydrogen-bond donors (Lipinski definition) is 2. The highest BCUT2D eigenvalue weighted by atomic mass is 19.4. The molecule has 1 fully saturated rings. The van der Waals surface area contributed by atoms with E-state index in [0.717, 1.165) is 6.07 Å². The second-order valence-electron chi connectivity index (χ2n) is 5.23. The van der Waals surface area contributed by atoms with E-state index < -0.39 is 17.6 Å². The van der Waals surface area contributed by atoms with E-state index in [0.29, 0.717) is 6.42 Å². The third-order valence-electron chi connectivity index (χ3n) is 3.57. The minimum Gasteiger partial charge on any atom is -0.351 e. The van der Waals surface area contributed by atoms with E-state index in [-0.39, 0.29) is 36.4 Å². The fourth-order valence-electron chi connectivity index (χ4n) is 2.34. The summed E-state index contributed by atoms with van der Waals surface area (Å²) in [5, 5.41) is 5.06. The van der Waals surface area contributed by atoms with Crippen molar-refractivity contribution in [3.63, 3.8) is 0 Å². The molecule has 1 aromatic rings. The van der Waals surface area contributed by atoms with Crippen molar-refractivity contribution in [1.29, 1.82) is 0 Å². The van der Waals surface area contributed by atoms with Gasteiger partial charge in [0.25, 0.3) is 0 Å². The van der Waals surface area contributed by atoms with Gasteiger partial charge >= 0.3 is 6.18 Å². The fourth-order valence-corrected chi connectivity index (χ4v) is 2.34. The minimum atomic E-state index is -4.40. The van der Waals surface area contributed by atoms with Crippen LogP contribution in [0, 0.1) is 0 Å². The Morgan fingerprint density at radius 2 is 1.91 bits per heavy atom. The van der Waals surface area contributed by atoms with Gasteiger partial charge in [0, 0.05) is 18.4 Å². The SMILES string of the molecule is CCC(=O)NCC(=O)N[C@H]1C[C@H]1c1ccccc1C(F)(F)F. The molecule has 120 valence electrons. The molecule has 0 heterocycles. The van der Waals surface area contributed by atoms with Gasteiger partial charge in [-0.1, -0.05) is 25.1 Å². The number of carbonyl (C=O) groups is 2. The number of benzene rings is 1. The predicted molar refractivity (Wildman–Crippen MR) is 74.0 cm³/mol. The number of halogens is 3. The van der Waals surface area contributed by atoms with Gasteiger partial charge in [0.1, 0.15) is 0 Å². The molecule has 7 heteroatoms. The summed E-state index contributed by atoms with van der Waals surface area (Å²) in [6.07, 6.45) is -3.65. The fraction of sp³-hybridized carbons (Fsp3) is 0.467. The van der Waals surface area contributed by atoms with Crippen molar-refractivity contribution in [2.45, 2.75) is 37.9 Å². The Morgan fingerprint density at radius 1 is 1.23 bits per heavy atom. The van der Waals surface area contributed by atoms with Gasteiger partial charge in [0.15, 0.2) is 0 Å². The molecule has 2 rings (SSSR count). The molecule has 1 aliphatic carbocycles. The van der Waals surface area contributed by atoms with Gasteiger partial charge in [-0.15, -0.1) is 0 Å². The van der Waals surface area contributed by atoms with Crippen LogP contribution in [0.3, 0.4) is 0 Å². The average molecular weight is 314 g/mol. The number of carbonyl (C=O) groups excluding carboxylic acids is 2. The van der Waals surface area contributed by atoms with Crippen molar-refractivity contribution in [1.82, 2.24) is 10.6 Å². The molecule has 0 aliphatic heterocycles. The van der Waals surface area contributed by atoms with Crippen LogP contribution in [0.1, 0.15) is 36.8 Å². The van der Waals surface area contributed by atoms with Gasteiger partial charge in [-0.2, -0.15) is 13.2 Å². The predicted octanol–water partition coefficient (Wildman–Crippen LogP) is 2.20. The maximum atomic E-state index is 12.9. The lowest BCUT2D eigenvalue weighted by Gasteiger charge is -2.12. The first-order chi connectivity index (χ1) is 10.3. The molecule has 22 heavy (non-hydrogen) atoms. The Labute approximate surface area is 126 Å². The average Bonchev–Trinajstić information content (AvgIpc) is 3.22. The summed E-state index contributed by atoms with van der Waals surface area (Å²) in [6.45, 7) is 1.51. The quantitative estimate of drug-likeness (QED) is 0.875. The van der Waals surface area contributed by atoms with Crippen LogP contribution >= 0.6 is 0 Å². The van der Waals surface area contributed by atoms with Gasteiger partial charge in [0.05, 0.1) is 12.1 Å². The topological polar surface area (TPSA) is 58.2 Å². The van der Waals surface area contributed by atoms with Crippen molar-refractivity contribution >= 4 is 11.8 Å². The molecule has 4 nitrogen and oxygen atoms in total. The number of amides is 2. The van der Waals surface area contributed by atoms with Crippen LogP contribution in [-0.2, 0) is 15.8 Å². The van der Waals surface area contributed by atoms with Crippen molar-refractivity contribution in [2.75, 3.05) is 6.54 Å². The molecule has 2 N–H and O–H groups in total. The number of nitrogens with one attached hydrogen (secondary N) is 2. The third-order valence-corrected chi connectivity index (χ3v) is 3.57. The van der Waals surface area contributed by atoms with E-state index in [4.69, 9.17) is 0 Å². The van der Waals surface area contributed by atoms with Crippen molar-refractivity contribution < 1.29 is 22.8 Å². The first-order valence-electron chi connectivity index (χ1n) is 7.05. The second kappa shape index (κ2) is 6.37. The maximum Gasteiger partial charge on any atom is 0.416 e. The molecule has 0 aromatic heterocycles. The molecular weight excluding hydrogens is 297 g/mol. The van der Waals surface area contributed by atoms with Crippen molar-refractivity contribution in [3.8, 4) is 0 Å². The molecule has 0 spiro atoms. The summed E-state index contributed by atoms with van der Waals surface area (Å²) in [4.78, 5) is 22.7. The van der Waals surface area contributed by atoms with Crippen LogP contribution in [0.25, 0.3) is 0 Å². The molecule has 0 radical (unpaired) electrons. The highest BCUT2D eigenvalue weighted by molar-refractivity contribution is 5.84. The third kappa shape index (κ3) is 3.99. The first kappa shape index (κ1) is 16.3. The van der Waals surface area contributed by atoms with Crippen LogP contribution in [0.15, 0.2) is 24.3 Å². The van der Waals surface area contributed by atoms with Gasteiger partial charge < -0.3 is 10.6 Å². The molecule has 0 saturated heterocycles. The van der Waals surface area contributed by atoms with Crippen molar-refractivity contribution in [2.24, 2.45) is 0 Å². The van der Waals surface area contributed by atoms with Gasteiger partial charge in [-0.3, -0.25) is 9.59 Å². The first-order valence-corrected chi connectivity index (χ1v) is 7.05. The standard InChI is InChI=1S/C15H17F3N2O2/c1-2-13(21)19-8-14(22)20-12-7-10(12)9-5-3-4-6-11(9)15(16,17)18/h3-6,10,12H,2,7-8H2,1H3,(H,19,21)(H,20,22)/t10-,12-/m0/s1. The number of alkyl halides is 3. The molecule has 1 saturated carbocycles. The smallest absolute Gasteiger partial charge is 0.351 e. The zero-order valence-electron chi connectivity index (χ0n) is 12.0. The zero-order valence-corrected chi connectivity index (χ0v) is 12.0. The van der Waals surface area contributed by atoms with Gasteiger partial charge in [0.2, 0.25) is 11.8 Å². The van der Waals surface area contributed by atoms with Crippen LogP contribution in [0.4, 0.5) is 13.2 Å². The molecular formula is C15H17F3N2O2. The maximum absolute atomic E-state index is 12.9. The van der Waals surface area contributed by atoms with Crippen LogP contribution in [0.5, 0.6) is 0 Å². The second-order valence-corrected chi connectivity index (χ2v) is 5.23.